The third-order valence-corrected chi connectivity index (χ3v) is 4.88. The number of imidazole rings is 1. The quantitative estimate of drug-likeness (QED) is 0.316. The second-order valence-electron chi connectivity index (χ2n) is 6.85. The Balaban J connectivity index is 1.86. The highest BCUT2D eigenvalue weighted by Gasteiger charge is 2.15. The lowest BCUT2D eigenvalue weighted by Gasteiger charge is -2.06. The Kier molecular flexibility index (Phi) is 4.38. The molecule has 0 aliphatic rings. The molecule has 4 aromatic rings. The Morgan fingerprint density at radius 1 is 1.24 bits per heavy atom. The fourth-order valence-corrected chi connectivity index (χ4v) is 3.45. The molecule has 0 unspecified atom stereocenters. The van der Waals surface area contributed by atoms with Crippen LogP contribution in [0.3, 0.4) is 0 Å². The number of nitrogens with zero attached hydrogens (tertiary/aromatic N) is 3. The van der Waals surface area contributed by atoms with Crippen molar-refractivity contribution >= 4 is 45.4 Å². The zero-order chi connectivity index (χ0) is 20.7. The molecule has 29 heavy (non-hydrogen) atoms. The molecule has 4 rings (SSSR count). The Morgan fingerprint density at radius 3 is 2.72 bits per heavy atom. The standard InChI is InChI=1S/C21H21N7O/c1-11(9-12-5-4-6-13(10-12)18(22)23)19-25-14-7-8-15-17(16(14)20(29)27-19)28(3)21(24-2)26-15/h4-10H,1-3H3,(H3,22,23)(H,24,26)(H,25,27,29)/b11-9+. The molecule has 0 atom stereocenters. The van der Waals surface area contributed by atoms with Gasteiger partial charge < -0.3 is 20.6 Å². The first-order valence-corrected chi connectivity index (χ1v) is 9.09. The van der Waals surface area contributed by atoms with E-state index >= 15 is 0 Å². The molecule has 0 saturated heterocycles. The van der Waals surface area contributed by atoms with Crippen LogP contribution in [0.5, 0.6) is 0 Å². The van der Waals surface area contributed by atoms with E-state index in [0.717, 1.165) is 22.2 Å². The van der Waals surface area contributed by atoms with E-state index in [1.54, 1.807) is 13.1 Å². The molecule has 0 saturated carbocycles. The summed E-state index contributed by atoms with van der Waals surface area (Å²) >= 11 is 0. The highest BCUT2D eigenvalue weighted by Crippen LogP contribution is 2.25. The Labute approximate surface area is 166 Å². The lowest BCUT2D eigenvalue weighted by atomic mass is 10.1. The van der Waals surface area contributed by atoms with Crippen molar-refractivity contribution in [2.24, 2.45) is 12.8 Å². The van der Waals surface area contributed by atoms with Crippen LogP contribution in [0.1, 0.15) is 23.9 Å². The molecule has 0 amide bonds. The average Bonchev–Trinajstić information content (AvgIpc) is 3.03. The molecule has 0 aliphatic carbocycles. The summed E-state index contributed by atoms with van der Waals surface area (Å²) in [7, 11) is 3.65. The summed E-state index contributed by atoms with van der Waals surface area (Å²) in [6, 6.07) is 11.0. The van der Waals surface area contributed by atoms with Crippen LogP contribution in [-0.2, 0) is 7.05 Å². The number of allylic oxidation sites excluding steroid dienone is 1. The maximum absolute atomic E-state index is 12.9. The summed E-state index contributed by atoms with van der Waals surface area (Å²) < 4.78 is 1.85. The number of H-pyrrole nitrogens is 1. The lowest BCUT2D eigenvalue weighted by Crippen LogP contribution is -2.12. The summed E-state index contributed by atoms with van der Waals surface area (Å²) in [5.74, 6) is 1.18. The number of fused-ring (bicyclic) bond motifs is 3. The number of nitrogens with one attached hydrogen (secondary N) is 3. The molecule has 0 radical (unpaired) electrons. The maximum atomic E-state index is 12.9. The smallest absolute Gasteiger partial charge is 0.261 e. The third-order valence-electron chi connectivity index (χ3n) is 4.88. The van der Waals surface area contributed by atoms with Crippen LogP contribution in [0.15, 0.2) is 41.2 Å². The van der Waals surface area contributed by atoms with Crippen LogP contribution in [0.25, 0.3) is 33.6 Å². The number of nitrogen functional groups attached to an aromatic ring is 1. The molecule has 2 aromatic heterocycles. The van der Waals surface area contributed by atoms with E-state index in [0.29, 0.717) is 28.2 Å². The molecule has 8 heteroatoms. The minimum absolute atomic E-state index is 0.0104. The number of aromatic nitrogens is 4. The minimum Gasteiger partial charge on any atom is -0.384 e. The van der Waals surface area contributed by atoms with Crippen molar-refractivity contribution in [3.05, 3.63) is 63.7 Å². The van der Waals surface area contributed by atoms with Crippen molar-refractivity contribution in [3.63, 3.8) is 0 Å². The van der Waals surface area contributed by atoms with E-state index in [4.69, 9.17) is 11.1 Å². The monoisotopic (exact) mass is 387 g/mol. The van der Waals surface area contributed by atoms with Crippen LogP contribution in [-0.4, -0.2) is 32.4 Å². The zero-order valence-electron chi connectivity index (χ0n) is 16.4. The number of aromatic amines is 1. The number of hydrogen-bond donors (Lipinski definition) is 4. The maximum Gasteiger partial charge on any atom is 0.261 e. The summed E-state index contributed by atoms with van der Waals surface area (Å²) in [6.07, 6.45) is 1.90. The molecular weight excluding hydrogens is 366 g/mol. The molecule has 146 valence electrons. The van der Waals surface area contributed by atoms with Crippen molar-refractivity contribution in [1.29, 1.82) is 5.41 Å². The van der Waals surface area contributed by atoms with Crippen molar-refractivity contribution < 1.29 is 0 Å². The van der Waals surface area contributed by atoms with E-state index in [1.807, 2.05) is 54.9 Å². The van der Waals surface area contributed by atoms with Gasteiger partial charge in [0.05, 0.1) is 21.9 Å². The fourth-order valence-electron chi connectivity index (χ4n) is 3.45. The van der Waals surface area contributed by atoms with Crippen LogP contribution in [0.4, 0.5) is 5.95 Å². The Morgan fingerprint density at radius 2 is 2.00 bits per heavy atom. The van der Waals surface area contributed by atoms with Gasteiger partial charge in [-0.1, -0.05) is 18.2 Å². The number of amidine groups is 1. The molecule has 0 fully saturated rings. The average molecular weight is 387 g/mol. The topological polar surface area (TPSA) is 125 Å². The van der Waals surface area contributed by atoms with Crippen LogP contribution in [0, 0.1) is 5.41 Å². The summed E-state index contributed by atoms with van der Waals surface area (Å²) in [5.41, 5.74) is 9.74. The van der Waals surface area contributed by atoms with E-state index in [-0.39, 0.29) is 11.4 Å². The first kappa shape index (κ1) is 18.4. The second kappa shape index (κ2) is 6.90. The molecule has 2 aromatic carbocycles. The van der Waals surface area contributed by atoms with E-state index in [9.17, 15) is 4.79 Å². The number of benzene rings is 2. The fraction of sp³-hybridized carbons (Fsp3) is 0.143. The SMILES string of the molecule is CNc1nc2ccc3nc(/C(C)=C/c4cccc(C(=N)N)c4)[nH]c(=O)c3c2n1C. The lowest BCUT2D eigenvalue weighted by molar-refractivity contribution is 0.954. The highest BCUT2D eigenvalue weighted by molar-refractivity contribution is 6.03. The molecule has 2 heterocycles. The van der Waals surface area contributed by atoms with Crippen molar-refractivity contribution in [1.82, 2.24) is 19.5 Å². The summed E-state index contributed by atoms with van der Waals surface area (Å²) in [4.78, 5) is 25.0. The second-order valence-corrected chi connectivity index (χ2v) is 6.85. The summed E-state index contributed by atoms with van der Waals surface area (Å²) in [6.45, 7) is 1.88. The van der Waals surface area contributed by atoms with Gasteiger partial charge in [0.15, 0.2) is 0 Å². The van der Waals surface area contributed by atoms with Gasteiger partial charge in [0.25, 0.3) is 5.56 Å². The van der Waals surface area contributed by atoms with Crippen molar-refractivity contribution in [3.8, 4) is 0 Å². The molecule has 0 spiro atoms. The van der Waals surface area contributed by atoms with Gasteiger partial charge in [-0.25, -0.2) is 9.97 Å². The Bertz CT molecular complexity index is 1360. The van der Waals surface area contributed by atoms with Gasteiger partial charge in [-0.15, -0.1) is 0 Å². The van der Waals surface area contributed by atoms with Crippen LogP contribution >= 0.6 is 0 Å². The number of nitrogens with two attached hydrogens (primary N) is 1. The van der Waals surface area contributed by atoms with E-state index in [1.165, 1.54) is 0 Å². The van der Waals surface area contributed by atoms with E-state index in [2.05, 4.69) is 20.3 Å². The van der Waals surface area contributed by atoms with Gasteiger partial charge in [-0.05, 0) is 42.3 Å². The number of anilines is 1. The van der Waals surface area contributed by atoms with Gasteiger partial charge in [0.1, 0.15) is 11.7 Å². The van der Waals surface area contributed by atoms with Crippen LogP contribution < -0.4 is 16.6 Å². The van der Waals surface area contributed by atoms with Gasteiger partial charge in [-0.3, -0.25) is 10.2 Å². The predicted molar refractivity (Wildman–Crippen MR) is 117 cm³/mol. The first-order chi connectivity index (χ1) is 13.9. The number of aryl methyl sites for hydroxylation is 1. The van der Waals surface area contributed by atoms with E-state index < -0.39 is 0 Å². The molecule has 5 N–H and O–H groups in total. The molecular formula is C21H21N7O. The molecule has 8 nitrogen and oxygen atoms in total. The zero-order valence-corrected chi connectivity index (χ0v) is 16.4. The van der Waals surface area contributed by atoms with Crippen molar-refractivity contribution in [2.75, 3.05) is 12.4 Å². The summed E-state index contributed by atoms with van der Waals surface area (Å²) in [5, 5.41) is 11.1. The first-order valence-electron chi connectivity index (χ1n) is 9.09. The minimum atomic E-state index is -0.216. The van der Waals surface area contributed by atoms with Crippen LogP contribution in [0.2, 0.25) is 0 Å². The normalized spacial score (nSPS) is 11.9. The van der Waals surface area contributed by atoms with Gasteiger partial charge in [0, 0.05) is 19.7 Å². The van der Waals surface area contributed by atoms with Gasteiger partial charge >= 0.3 is 0 Å². The van der Waals surface area contributed by atoms with Crippen molar-refractivity contribution in [2.45, 2.75) is 6.92 Å². The number of hydrogen-bond acceptors (Lipinski definition) is 5. The van der Waals surface area contributed by atoms with Gasteiger partial charge in [0.2, 0.25) is 5.95 Å². The van der Waals surface area contributed by atoms with Gasteiger partial charge in [-0.2, -0.15) is 0 Å². The highest BCUT2D eigenvalue weighted by atomic mass is 16.1. The number of rotatable bonds is 4. The molecule has 0 aliphatic heterocycles. The third kappa shape index (κ3) is 3.14. The Hall–Kier alpha value is -3.94. The predicted octanol–water partition coefficient (Wildman–Crippen LogP) is 2.70. The molecule has 0 bridgehead atoms. The largest absolute Gasteiger partial charge is 0.384 e.